The molecule has 7 nitrogen and oxygen atoms in total. The van der Waals surface area contributed by atoms with Crippen LogP contribution in [0.4, 0.5) is 10.1 Å². The second kappa shape index (κ2) is 8.70. The van der Waals surface area contributed by atoms with Gasteiger partial charge in [-0.05, 0) is 30.7 Å². The number of unbranched alkanes of at least 4 members (excludes halogenated alkanes) is 1. The van der Waals surface area contributed by atoms with E-state index in [0.29, 0.717) is 0 Å². The molecule has 0 N–H and O–H groups in total. The third kappa shape index (κ3) is 4.85. The summed E-state index contributed by atoms with van der Waals surface area (Å²) in [7, 11) is 0. The predicted molar refractivity (Wildman–Crippen MR) is 89.6 cm³/mol. The smallest absolute Gasteiger partial charge is 0.343 e. The van der Waals surface area contributed by atoms with Gasteiger partial charge in [-0.25, -0.2) is 14.0 Å². The lowest BCUT2D eigenvalue weighted by Gasteiger charge is -2.07. The lowest BCUT2D eigenvalue weighted by atomic mass is 10.1. The Hall–Kier alpha value is -3.29. The highest BCUT2D eigenvalue weighted by molar-refractivity contribution is 5.96. The summed E-state index contributed by atoms with van der Waals surface area (Å²) in [6.07, 6.45) is 1.59. The highest BCUT2D eigenvalue weighted by atomic mass is 19.1. The van der Waals surface area contributed by atoms with E-state index in [1.165, 1.54) is 24.3 Å². The van der Waals surface area contributed by atoms with E-state index < -0.39 is 34.1 Å². The molecule has 0 aliphatic carbocycles. The zero-order valence-electron chi connectivity index (χ0n) is 13.9. The van der Waals surface area contributed by atoms with Gasteiger partial charge in [-0.15, -0.1) is 0 Å². The molecule has 0 fully saturated rings. The van der Waals surface area contributed by atoms with Crippen LogP contribution in [0.3, 0.4) is 0 Å². The molecule has 26 heavy (non-hydrogen) atoms. The molecule has 8 heteroatoms. The van der Waals surface area contributed by atoms with E-state index in [2.05, 4.69) is 0 Å². The monoisotopic (exact) mass is 361 g/mol. The van der Waals surface area contributed by atoms with E-state index in [-0.39, 0.29) is 17.7 Å². The zero-order valence-corrected chi connectivity index (χ0v) is 13.9. The highest BCUT2D eigenvalue weighted by Crippen LogP contribution is 2.28. The number of hydrogen-bond acceptors (Lipinski definition) is 6. The number of nitro groups is 1. The van der Waals surface area contributed by atoms with E-state index >= 15 is 0 Å². The lowest BCUT2D eigenvalue weighted by molar-refractivity contribution is -0.385. The summed E-state index contributed by atoms with van der Waals surface area (Å²) in [5, 5.41) is 11.0. The largest absolute Gasteiger partial charge is 0.462 e. The molecule has 0 unspecified atom stereocenters. The van der Waals surface area contributed by atoms with Crippen LogP contribution in [0.1, 0.15) is 40.5 Å². The van der Waals surface area contributed by atoms with Gasteiger partial charge in [0.05, 0.1) is 22.7 Å². The van der Waals surface area contributed by atoms with Crippen LogP contribution >= 0.6 is 0 Å². The number of rotatable bonds is 7. The van der Waals surface area contributed by atoms with Crippen molar-refractivity contribution in [3.05, 3.63) is 69.5 Å². The van der Waals surface area contributed by atoms with Gasteiger partial charge >= 0.3 is 17.6 Å². The minimum absolute atomic E-state index is 0.0199. The maximum absolute atomic E-state index is 13.3. The summed E-state index contributed by atoms with van der Waals surface area (Å²) in [4.78, 5) is 34.3. The number of nitro benzene ring substituents is 1. The van der Waals surface area contributed by atoms with Gasteiger partial charge in [0, 0.05) is 12.1 Å². The normalized spacial score (nSPS) is 10.2. The third-order valence-electron chi connectivity index (χ3n) is 3.39. The zero-order chi connectivity index (χ0) is 19.1. The average Bonchev–Trinajstić information content (AvgIpc) is 2.61. The van der Waals surface area contributed by atoms with Gasteiger partial charge in [0.15, 0.2) is 0 Å². The Labute approximate surface area is 148 Å². The standard InChI is InChI=1S/C18H16FNO6/c1-2-3-9-25-17(21)12-5-4-6-13(10-12)18(22)26-16-11-14(19)7-8-15(16)20(23)24/h4-8,10-11H,2-3,9H2,1H3. The molecule has 2 aromatic carbocycles. The SMILES string of the molecule is CCCCOC(=O)c1cccc(C(=O)Oc2cc(F)ccc2[N+](=O)[O-])c1. The van der Waals surface area contributed by atoms with E-state index in [0.717, 1.165) is 31.0 Å². The molecule has 0 radical (unpaired) electrons. The van der Waals surface area contributed by atoms with Crippen molar-refractivity contribution in [1.82, 2.24) is 0 Å². The summed E-state index contributed by atoms with van der Waals surface area (Å²) in [5.41, 5.74) is -0.423. The third-order valence-corrected chi connectivity index (χ3v) is 3.39. The van der Waals surface area contributed by atoms with Crippen molar-refractivity contribution < 1.29 is 28.4 Å². The molecule has 2 aromatic rings. The first kappa shape index (κ1) is 19.0. The number of benzene rings is 2. The van der Waals surface area contributed by atoms with Crippen LogP contribution in [0, 0.1) is 15.9 Å². The molecule has 0 aromatic heterocycles. The van der Waals surface area contributed by atoms with Crippen molar-refractivity contribution in [2.24, 2.45) is 0 Å². The fourth-order valence-corrected chi connectivity index (χ4v) is 2.05. The number of hydrogen-bond donors (Lipinski definition) is 0. The second-order valence-electron chi connectivity index (χ2n) is 5.33. The summed E-state index contributed by atoms with van der Waals surface area (Å²) >= 11 is 0. The van der Waals surface area contributed by atoms with Crippen molar-refractivity contribution in [2.45, 2.75) is 19.8 Å². The Bertz CT molecular complexity index is 836. The number of esters is 2. The van der Waals surface area contributed by atoms with Gasteiger partial charge in [0.25, 0.3) is 0 Å². The maximum atomic E-state index is 13.3. The molecule has 0 heterocycles. The average molecular weight is 361 g/mol. The number of nitrogens with zero attached hydrogens (tertiary/aromatic N) is 1. The lowest BCUT2D eigenvalue weighted by Crippen LogP contribution is -2.12. The summed E-state index contributed by atoms with van der Waals surface area (Å²) in [6.45, 7) is 2.22. The summed E-state index contributed by atoms with van der Waals surface area (Å²) in [5.74, 6) is -2.85. The quantitative estimate of drug-likeness (QED) is 0.244. The minimum Gasteiger partial charge on any atom is -0.462 e. The molecule has 0 spiro atoms. The molecule has 0 aliphatic heterocycles. The van der Waals surface area contributed by atoms with Crippen LogP contribution in [0.25, 0.3) is 0 Å². The highest BCUT2D eigenvalue weighted by Gasteiger charge is 2.20. The van der Waals surface area contributed by atoms with Crippen LogP contribution in [-0.4, -0.2) is 23.5 Å². The molecule has 2 rings (SSSR count). The first-order valence-corrected chi connectivity index (χ1v) is 7.85. The number of carbonyl (C=O) groups excluding carboxylic acids is 2. The van der Waals surface area contributed by atoms with Crippen molar-refractivity contribution >= 4 is 17.6 Å². The summed E-state index contributed by atoms with van der Waals surface area (Å²) < 4.78 is 23.3. The Morgan fingerprint density at radius 2 is 1.81 bits per heavy atom. The molecule has 0 amide bonds. The first-order valence-electron chi connectivity index (χ1n) is 7.85. The van der Waals surface area contributed by atoms with Crippen molar-refractivity contribution in [2.75, 3.05) is 6.61 Å². The molecular weight excluding hydrogens is 345 g/mol. The second-order valence-corrected chi connectivity index (χ2v) is 5.33. The topological polar surface area (TPSA) is 95.7 Å². The van der Waals surface area contributed by atoms with Crippen LogP contribution in [0.5, 0.6) is 5.75 Å². The number of halogens is 1. The molecular formula is C18H16FNO6. The van der Waals surface area contributed by atoms with Gasteiger partial charge in [-0.3, -0.25) is 10.1 Å². The molecule has 0 aliphatic rings. The molecule has 0 saturated heterocycles. The molecule has 0 atom stereocenters. The first-order chi connectivity index (χ1) is 12.4. The maximum Gasteiger partial charge on any atom is 0.343 e. The van der Waals surface area contributed by atoms with E-state index in [4.69, 9.17) is 9.47 Å². The van der Waals surface area contributed by atoms with E-state index in [1.807, 2.05) is 6.92 Å². The van der Waals surface area contributed by atoms with Crippen molar-refractivity contribution in [3.63, 3.8) is 0 Å². The predicted octanol–water partition coefficient (Wildman–Crippen LogP) is 3.91. The van der Waals surface area contributed by atoms with E-state index in [1.54, 1.807) is 0 Å². The van der Waals surface area contributed by atoms with Crippen molar-refractivity contribution in [3.8, 4) is 5.75 Å². The Morgan fingerprint density at radius 3 is 2.46 bits per heavy atom. The van der Waals surface area contributed by atoms with Gasteiger partial charge in [0.2, 0.25) is 5.75 Å². The molecule has 136 valence electrons. The fraction of sp³-hybridized carbons (Fsp3) is 0.222. The van der Waals surface area contributed by atoms with Gasteiger partial charge in [-0.2, -0.15) is 0 Å². The van der Waals surface area contributed by atoms with Crippen LogP contribution in [-0.2, 0) is 4.74 Å². The van der Waals surface area contributed by atoms with Crippen LogP contribution < -0.4 is 4.74 Å². The van der Waals surface area contributed by atoms with Crippen molar-refractivity contribution in [1.29, 1.82) is 0 Å². The number of ether oxygens (including phenoxy) is 2. The Morgan fingerprint density at radius 1 is 1.12 bits per heavy atom. The van der Waals surface area contributed by atoms with Gasteiger partial charge < -0.3 is 9.47 Å². The fourth-order valence-electron chi connectivity index (χ4n) is 2.05. The minimum atomic E-state index is -0.957. The van der Waals surface area contributed by atoms with E-state index in [9.17, 15) is 24.1 Å². The van der Waals surface area contributed by atoms with Crippen LogP contribution in [0.2, 0.25) is 0 Å². The molecule has 0 bridgehead atoms. The number of carbonyl (C=O) groups is 2. The summed E-state index contributed by atoms with van der Waals surface area (Å²) in [6, 6.07) is 8.08. The van der Waals surface area contributed by atoms with Gasteiger partial charge in [0.1, 0.15) is 5.82 Å². The van der Waals surface area contributed by atoms with Gasteiger partial charge in [-0.1, -0.05) is 19.4 Å². The Kier molecular flexibility index (Phi) is 6.37. The Balaban J connectivity index is 2.18. The molecule has 0 saturated carbocycles. The van der Waals surface area contributed by atoms with Crippen LogP contribution in [0.15, 0.2) is 42.5 Å².